The number of carbonyl (C=O) groups excluding carboxylic acids is 2. The fourth-order valence-corrected chi connectivity index (χ4v) is 4.10. The molecule has 4 rings (SSSR count). The van der Waals surface area contributed by atoms with Gasteiger partial charge in [0.2, 0.25) is 0 Å². The van der Waals surface area contributed by atoms with Gasteiger partial charge in [-0.1, -0.05) is 60.7 Å². The Hall–Kier alpha value is -4.84. The summed E-state index contributed by atoms with van der Waals surface area (Å²) in [6, 6.07) is 22.6. The fourth-order valence-electron chi connectivity index (χ4n) is 4.10. The standard InChI is InChI=1S/C32H28O6/c1-21(33)37-27-15-7-23(8-16-27)5-11-25-13-19-30-29(31(25)35-3)20-14-26(32(30)36-4)12-6-24-9-17-28(18-10-24)38-22(2)34/h5-20H,1-4H3/b11-5+,12-6+. The molecule has 0 spiro atoms. The van der Waals surface area contributed by atoms with Crippen molar-refractivity contribution >= 4 is 47.0 Å². The predicted octanol–water partition coefficient (Wildman–Crippen LogP) is 7.05. The Morgan fingerprint density at radius 1 is 0.526 bits per heavy atom. The number of hydrogen-bond acceptors (Lipinski definition) is 6. The van der Waals surface area contributed by atoms with Gasteiger partial charge in [0.05, 0.1) is 14.2 Å². The first kappa shape index (κ1) is 26.2. The zero-order valence-corrected chi connectivity index (χ0v) is 21.7. The predicted molar refractivity (Wildman–Crippen MR) is 150 cm³/mol. The molecule has 0 unspecified atom stereocenters. The Labute approximate surface area is 221 Å². The van der Waals surface area contributed by atoms with E-state index in [1.165, 1.54) is 13.8 Å². The highest BCUT2D eigenvalue weighted by Gasteiger charge is 2.13. The van der Waals surface area contributed by atoms with Crippen LogP contribution in [-0.4, -0.2) is 26.2 Å². The van der Waals surface area contributed by atoms with Gasteiger partial charge >= 0.3 is 11.9 Å². The second kappa shape index (κ2) is 11.9. The zero-order chi connectivity index (χ0) is 27.1. The topological polar surface area (TPSA) is 71.1 Å². The summed E-state index contributed by atoms with van der Waals surface area (Å²) in [4.78, 5) is 22.2. The van der Waals surface area contributed by atoms with Crippen molar-refractivity contribution in [3.8, 4) is 23.0 Å². The summed E-state index contributed by atoms with van der Waals surface area (Å²) in [6.45, 7) is 2.75. The maximum atomic E-state index is 11.1. The van der Waals surface area contributed by atoms with Crippen molar-refractivity contribution in [3.63, 3.8) is 0 Å². The molecule has 4 aromatic rings. The molecule has 38 heavy (non-hydrogen) atoms. The molecule has 0 fully saturated rings. The van der Waals surface area contributed by atoms with Crippen molar-refractivity contribution in [2.75, 3.05) is 14.2 Å². The fraction of sp³-hybridized carbons (Fsp3) is 0.125. The molecule has 6 heteroatoms. The van der Waals surface area contributed by atoms with Crippen LogP contribution >= 0.6 is 0 Å². The van der Waals surface area contributed by atoms with Gasteiger partial charge in [0, 0.05) is 35.7 Å². The summed E-state index contributed by atoms with van der Waals surface area (Å²) in [6.07, 6.45) is 7.92. The van der Waals surface area contributed by atoms with Crippen molar-refractivity contribution in [1.29, 1.82) is 0 Å². The van der Waals surface area contributed by atoms with Crippen molar-refractivity contribution < 1.29 is 28.5 Å². The first-order valence-electron chi connectivity index (χ1n) is 12.0. The minimum atomic E-state index is -0.349. The number of ether oxygens (including phenoxy) is 4. The third-order valence-electron chi connectivity index (χ3n) is 5.77. The molecule has 0 aliphatic rings. The SMILES string of the molecule is COc1c(/C=C/c2ccc(OC(C)=O)cc2)ccc2c(OC)c(/C=C/c3ccc(OC(C)=O)cc3)ccc12. The molecule has 0 heterocycles. The Bertz CT molecular complexity index is 1400. The lowest BCUT2D eigenvalue weighted by Crippen LogP contribution is -2.00. The number of carbonyl (C=O) groups is 2. The average Bonchev–Trinajstić information content (AvgIpc) is 2.90. The maximum Gasteiger partial charge on any atom is 0.308 e. The van der Waals surface area contributed by atoms with Gasteiger partial charge in [-0.05, 0) is 47.5 Å². The van der Waals surface area contributed by atoms with Gasteiger partial charge in [-0.25, -0.2) is 0 Å². The largest absolute Gasteiger partial charge is 0.495 e. The Balaban J connectivity index is 1.61. The van der Waals surface area contributed by atoms with Crippen LogP contribution in [0.25, 0.3) is 35.1 Å². The van der Waals surface area contributed by atoms with Crippen LogP contribution < -0.4 is 18.9 Å². The van der Waals surface area contributed by atoms with Crippen LogP contribution in [0, 0.1) is 0 Å². The van der Waals surface area contributed by atoms with Crippen LogP contribution in [0.3, 0.4) is 0 Å². The van der Waals surface area contributed by atoms with E-state index in [-0.39, 0.29) is 11.9 Å². The molecule has 0 radical (unpaired) electrons. The average molecular weight is 509 g/mol. The summed E-state index contributed by atoms with van der Waals surface area (Å²) in [5, 5.41) is 1.86. The second-order valence-corrected chi connectivity index (χ2v) is 8.46. The normalized spacial score (nSPS) is 11.2. The van der Waals surface area contributed by atoms with E-state index >= 15 is 0 Å². The molecule has 0 saturated carbocycles. The van der Waals surface area contributed by atoms with E-state index in [2.05, 4.69) is 0 Å². The van der Waals surface area contributed by atoms with Crippen LogP contribution in [-0.2, 0) is 9.59 Å². The molecule has 0 atom stereocenters. The minimum Gasteiger partial charge on any atom is -0.495 e. The number of methoxy groups -OCH3 is 2. The Morgan fingerprint density at radius 3 is 1.21 bits per heavy atom. The van der Waals surface area contributed by atoms with E-state index in [0.717, 1.165) is 44.5 Å². The summed E-state index contributed by atoms with van der Waals surface area (Å²) in [7, 11) is 3.31. The maximum absolute atomic E-state index is 11.1. The van der Waals surface area contributed by atoms with Gasteiger partial charge in [-0.2, -0.15) is 0 Å². The third-order valence-corrected chi connectivity index (χ3v) is 5.77. The lowest BCUT2D eigenvalue weighted by Gasteiger charge is -2.14. The minimum absolute atomic E-state index is 0.349. The highest BCUT2D eigenvalue weighted by molar-refractivity contribution is 5.99. The van der Waals surface area contributed by atoms with Crippen LogP contribution in [0.4, 0.5) is 0 Å². The number of rotatable bonds is 8. The Kier molecular flexibility index (Phi) is 8.23. The van der Waals surface area contributed by atoms with Crippen molar-refractivity contribution in [1.82, 2.24) is 0 Å². The summed E-state index contributed by atoms with van der Waals surface area (Å²) in [5.74, 6) is 1.80. The highest BCUT2D eigenvalue weighted by atomic mass is 16.5. The molecule has 0 N–H and O–H groups in total. The zero-order valence-electron chi connectivity index (χ0n) is 21.7. The molecule has 6 nitrogen and oxygen atoms in total. The number of esters is 2. The van der Waals surface area contributed by atoms with Crippen LogP contribution in [0.15, 0.2) is 72.8 Å². The van der Waals surface area contributed by atoms with E-state index in [0.29, 0.717) is 11.5 Å². The number of benzene rings is 4. The van der Waals surface area contributed by atoms with Gasteiger partial charge in [-0.15, -0.1) is 0 Å². The van der Waals surface area contributed by atoms with Crippen LogP contribution in [0.5, 0.6) is 23.0 Å². The van der Waals surface area contributed by atoms with E-state index in [4.69, 9.17) is 18.9 Å². The van der Waals surface area contributed by atoms with Crippen LogP contribution in [0.1, 0.15) is 36.1 Å². The summed E-state index contributed by atoms with van der Waals surface area (Å²) in [5.41, 5.74) is 3.76. The lowest BCUT2D eigenvalue weighted by atomic mass is 10.00. The second-order valence-electron chi connectivity index (χ2n) is 8.46. The summed E-state index contributed by atoms with van der Waals surface area (Å²) >= 11 is 0. The molecule has 0 amide bonds. The van der Waals surface area contributed by atoms with Gasteiger partial charge in [-0.3, -0.25) is 9.59 Å². The molecular formula is C32H28O6. The Morgan fingerprint density at radius 2 is 0.895 bits per heavy atom. The quantitative estimate of drug-likeness (QED) is 0.144. The van der Waals surface area contributed by atoms with Crippen molar-refractivity contribution in [3.05, 3.63) is 95.1 Å². The molecular weight excluding hydrogens is 480 g/mol. The molecule has 0 saturated heterocycles. The number of hydrogen-bond donors (Lipinski definition) is 0. The third kappa shape index (κ3) is 6.28. The van der Waals surface area contributed by atoms with Gasteiger partial charge in [0.15, 0.2) is 0 Å². The molecule has 192 valence electrons. The first-order chi connectivity index (χ1) is 18.4. The monoisotopic (exact) mass is 508 g/mol. The first-order valence-corrected chi connectivity index (χ1v) is 12.0. The molecule has 0 aliphatic heterocycles. The molecule has 0 aliphatic carbocycles. The van der Waals surface area contributed by atoms with Gasteiger partial charge < -0.3 is 18.9 Å². The molecule has 0 bridgehead atoms. The smallest absolute Gasteiger partial charge is 0.308 e. The number of fused-ring (bicyclic) bond motifs is 1. The summed E-state index contributed by atoms with van der Waals surface area (Å²) < 4.78 is 21.8. The van der Waals surface area contributed by atoms with E-state index in [1.54, 1.807) is 38.5 Å². The van der Waals surface area contributed by atoms with E-state index in [9.17, 15) is 9.59 Å². The van der Waals surface area contributed by atoms with Gasteiger partial charge in [0.1, 0.15) is 23.0 Å². The molecule has 4 aromatic carbocycles. The van der Waals surface area contributed by atoms with Gasteiger partial charge in [0.25, 0.3) is 0 Å². The van der Waals surface area contributed by atoms with Crippen LogP contribution in [0.2, 0.25) is 0 Å². The van der Waals surface area contributed by atoms with E-state index < -0.39 is 0 Å². The van der Waals surface area contributed by atoms with Crippen molar-refractivity contribution in [2.24, 2.45) is 0 Å². The highest BCUT2D eigenvalue weighted by Crippen LogP contribution is 2.38. The lowest BCUT2D eigenvalue weighted by molar-refractivity contribution is -0.132. The van der Waals surface area contributed by atoms with E-state index in [1.807, 2.05) is 72.8 Å². The molecule has 0 aromatic heterocycles. The van der Waals surface area contributed by atoms with Crippen molar-refractivity contribution in [2.45, 2.75) is 13.8 Å².